The quantitative estimate of drug-likeness (QED) is 0.929. The Bertz CT molecular complexity index is 450. The molecule has 1 saturated carbocycles. The molecule has 0 heterocycles. The summed E-state index contributed by atoms with van der Waals surface area (Å²) in [5.41, 5.74) is 7.10. The van der Waals surface area contributed by atoms with Gasteiger partial charge in [-0.05, 0) is 30.9 Å². The Kier molecular flexibility index (Phi) is 4.99. The molecule has 2 N–H and O–H groups in total. The van der Waals surface area contributed by atoms with Crippen LogP contribution in [0.1, 0.15) is 31.2 Å². The fraction of sp³-hybridized carbons (Fsp3) is 0.533. The lowest BCUT2D eigenvalue weighted by atomic mass is 9.85. The molecule has 1 aromatic carbocycles. The maximum absolute atomic E-state index is 12.4. The number of nitrogens with zero attached hydrogens (tertiary/aromatic N) is 1. The van der Waals surface area contributed by atoms with E-state index in [-0.39, 0.29) is 17.9 Å². The zero-order chi connectivity index (χ0) is 13.8. The maximum atomic E-state index is 12.4. The number of hydrogen-bond acceptors (Lipinski definition) is 2. The van der Waals surface area contributed by atoms with Gasteiger partial charge in [0.25, 0.3) is 0 Å². The van der Waals surface area contributed by atoms with Gasteiger partial charge < -0.3 is 10.6 Å². The van der Waals surface area contributed by atoms with Crippen LogP contribution < -0.4 is 5.73 Å². The molecule has 0 unspecified atom stereocenters. The molecule has 0 radical (unpaired) electrons. The molecule has 19 heavy (non-hydrogen) atoms. The van der Waals surface area contributed by atoms with Crippen molar-refractivity contribution in [1.29, 1.82) is 0 Å². The molecular weight excluding hydrogens is 304 g/mol. The van der Waals surface area contributed by atoms with Gasteiger partial charge in [0, 0.05) is 30.0 Å². The van der Waals surface area contributed by atoms with Gasteiger partial charge in [0.15, 0.2) is 0 Å². The first-order valence-electron chi connectivity index (χ1n) is 6.82. The average Bonchev–Trinajstić information content (AvgIpc) is 2.40. The van der Waals surface area contributed by atoms with Crippen molar-refractivity contribution in [2.75, 3.05) is 7.05 Å². The first kappa shape index (κ1) is 14.5. The minimum absolute atomic E-state index is 0.108. The molecular formula is C15H21BrN2O. The second kappa shape index (κ2) is 6.53. The molecule has 1 aliphatic rings. The minimum atomic E-state index is 0.108. The second-order valence-corrected chi connectivity index (χ2v) is 6.26. The minimum Gasteiger partial charge on any atom is -0.341 e. The summed E-state index contributed by atoms with van der Waals surface area (Å²) in [6.45, 7) is 0.645. The Labute approximate surface area is 123 Å². The molecule has 3 nitrogen and oxygen atoms in total. The van der Waals surface area contributed by atoms with Gasteiger partial charge in [-0.2, -0.15) is 0 Å². The lowest BCUT2D eigenvalue weighted by Gasteiger charge is -2.29. The molecule has 2 atom stereocenters. The van der Waals surface area contributed by atoms with Crippen molar-refractivity contribution in [3.8, 4) is 0 Å². The summed E-state index contributed by atoms with van der Waals surface area (Å²) >= 11 is 3.52. The van der Waals surface area contributed by atoms with Gasteiger partial charge >= 0.3 is 0 Å². The van der Waals surface area contributed by atoms with Gasteiger partial charge in [-0.1, -0.05) is 40.5 Å². The molecule has 0 saturated heterocycles. The van der Waals surface area contributed by atoms with Crippen LogP contribution >= 0.6 is 15.9 Å². The van der Waals surface area contributed by atoms with Gasteiger partial charge in [0.05, 0.1) is 0 Å². The van der Waals surface area contributed by atoms with Crippen molar-refractivity contribution < 1.29 is 4.79 Å². The van der Waals surface area contributed by atoms with Crippen LogP contribution in [0.15, 0.2) is 28.7 Å². The number of halogens is 1. The lowest BCUT2D eigenvalue weighted by molar-refractivity contribution is -0.135. The maximum Gasteiger partial charge on any atom is 0.225 e. The van der Waals surface area contributed by atoms with E-state index >= 15 is 0 Å². The highest BCUT2D eigenvalue weighted by molar-refractivity contribution is 9.10. The SMILES string of the molecule is CN(Cc1ccccc1Br)C(=O)[C@@H]1CCC[C@H](N)C1. The van der Waals surface area contributed by atoms with Crippen LogP contribution in [-0.4, -0.2) is 23.9 Å². The van der Waals surface area contributed by atoms with E-state index in [9.17, 15) is 4.79 Å². The fourth-order valence-corrected chi connectivity index (χ4v) is 3.13. The summed E-state index contributed by atoms with van der Waals surface area (Å²) < 4.78 is 1.05. The van der Waals surface area contributed by atoms with E-state index < -0.39 is 0 Å². The van der Waals surface area contributed by atoms with Gasteiger partial charge in [0.2, 0.25) is 5.91 Å². The average molecular weight is 325 g/mol. The number of benzene rings is 1. The predicted molar refractivity (Wildman–Crippen MR) is 80.5 cm³/mol. The summed E-state index contributed by atoms with van der Waals surface area (Å²) in [5, 5.41) is 0. The number of rotatable bonds is 3. The summed E-state index contributed by atoms with van der Waals surface area (Å²) in [7, 11) is 1.88. The summed E-state index contributed by atoms with van der Waals surface area (Å²) in [6, 6.07) is 8.22. The molecule has 1 fully saturated rings. The number of carbonyl (C=O) groups excluding carboxylic acids is 1. The molecule has 0 aromatic heterocycles. The molecule has 2 rings (SSSR count). The van der Waals surface area contributed by atoms with Gasteiger partial charge in [-0.3, -0.25) is 4.79 Å². The van der Waals surface area contributed by atoms with Crippen LogP contribution in [0.25, 0.3) is 0 Å². The summed E-state index contributed by atoms with van der Waals surface area (Å²) in [5.74, 6) is 0.335. The van der Waals surface area contributed by atoms with E-state index in [4.69, 9.17) is 5.73 Å². The Hall–Kier alpha value is -0.870. The molecule has 4 heteroatoms. The van der Waals surface area contributed by atoms with Crippen LogP contribution in [0, 0.1) is 5.92 Å². The molecule has 0 spiro atoms. The van der Waals surface area contributed by atoms with Crippen LogP contribution in [0.3, 0.4) is 0 Å². The van der Waals surface area contributed by atoms with Crippen LogP contribution in [0.4, 0.5) is 0 Å². The molecule has 0 bridgehead atoms. The highest BCUT2D eigenvalue weighted by Crippen LogP contribution is 2.26. The number of amides is 1. The Morgan fingerprint density at radius 3 is 2.84 bits per heavy atom. The molecule has 1 aliphatic carbocycles. The normalized spacial score (nSPS) is 23.1. The Morgan fingerprint density at radius 1 is 1.42 bits per heavy atom. The number of hydrogen-bond donors (Lipinski definition) is 1. The van der Waals surface area contributed by atoms with E-state index in [1.165, 1.54) is 0 Å². The van der Waals surface area contributed by atoms with Crippen LogP contribution in [0.2, 0.25) is 0 Å². The predicted octanol–water partition coefficient (Wildman–Crippen LogP) is 2.93. The zero-order valence-corrected chi connectivity index (χ0v) is 12.9. The summed E-state index contributed by atoms with van der Waals surface area (Å²) in [4.78, 5) is 14.2. The third-order valence-corrected chi connectivity index (χ3v) is 4.58. The molecule has 0 aliphatic heterocycles. The third-order valence-electron chi connectivity index (χ3n) is 3.81. The van der Waals surface area contributed by atoms with Crippen LogP contribution in [-0.2, 0) is 11.3 Å². The largest absolute Gasteiger partial charge is 0.341 e. The van der Waals surface area contributed by atoms with Gasteiger partial charge in [-0.15, -0.1) is 0 Å². The van der Waals surface area contributed by atoms with E-state index in [2.05, 4.69) is 15.9 Å². The highest BCUT2D eigenvalue weighted by Gasteiger charge is 2.27. The van der Waals surface area contributed by atoms with Gasteiger partial charge in [0.1, 0.15) is 0 Å². The molecule has 1 amide bonds. The van der Waals surface area contributed by atoms with Crippen molar-refractivity contribution in [2.24, 2.45) is 11.7 Å². The summed E-state index contributed by atoms with van der Waals surface area (Å²) in [6.07, 6.45) is 3.93. The molecule has 104 valence electrons. The monoisotopic (exact) mass is 324 g/mol. The first-order chi connectivity index (χ1) is 9.08. The number of carbonyl (C=O) groups is 1. The lowest BCUT2D eigenvalue weighted by Crippen LogP contribution is -2.38. The molecule has 1 aromatic rings. The van der Waals surface area contributed by atoms with Gasteiger partial charge in [-0.25, -0.2) is 0 Å². The van der Waals surface area contributed by atoms with Crippen molar-refractivity contribution in [2.45, 2.75) is 38.3 Å². The Morgan fingerprint density at radius 2 is 2.16 bits per heavy atom. The number of nitrogens with two attached hydrogens (primary N) is 1. The van der Waals surface area contributed by atoms with E-state index in [1.54, 1.807) is 0 Å². The van der Waals surface area contributed by atoms with Crippen molar-refractivity contribution in [1.82, 2.24) is 4.90 Å². The fourth-order valence-electron chi connectivity index (χ4n) is 2.72. The smallest absolute Gasteiger partial charge is 0.225 e. The second-order valence-electron chi connectivity index (χ2n) is 5.41. The van der Waals surface area contributed by atoms with E-state index in [1.807, 2.05) is 36.2 Å². The highest BCUT2D eigenvalue weighted by atomic mass is 79.9. The van der Waals surface area contributed by atoms with E-state index in [0.29, 0.717) is 6.54 Å². The zero-order valence-electron chi connectivity index (χ0n) is 11.3. The topological polar surface area (TPSA) is 46.3 Å². The third kappa shape index (κ3) is 3.80. The van der Waals surface area contributed by atoms with Crippen molar-refractivity contribution in [3.05, 3.63) is 34.3 Å². The van der Waals surface area contributed by atoms with Crippen molar-refractivity contribution >= 4 is 21.8 Å². The van der Waals surface area contributed by atoms with Crippen LogP contribution in [0.5, 0.6) is 0 Å². The van der Waals surface area contributed by atoms with Crippen molar-refractivity contribution in [3.63, 3.8) is 0 Å². The standard InChI is InChI=1S/C15H21BrN2O/c1-18(10-12-5-2-3-8-14(12)16)15(19)11-6-4-7-13(17)9-11/h2-3,5,8,11,13H,4,6-7,9-10,17H2,1H3/t11-,13+/m1/s1. The van der Waals surface area contributed by atoms with E-state index in [0.717, 1.165) is 35.7 Å². The Balaban J connectivity index is 1.97. The first-order valence-corrected chi connectivity index (χ1v) is 7.61.